The number of nitro groups is 1. The van der Waals surface area contributed by atoms with Crippen molar-refractivity contribution in [2.24, 2.45) is 0 Å². The molecule has 0 saturated carbocycles. The molecule has 0 aromatic heterocycles. The molecule has 2 N–H and O–H groups in total. The van der Waals surface area contributed by atoms with E-state index in [1.807, 2.05) is 30.3 Å². The molecule has 0 spiro atoms. The van der Waals surface area contributed by atoms with Gasteiger partial charge in [0.05, 0.1) is 10.8 Å². The van der Waals surface area contributed by atoms with Crippen LogP contribution in [0.5, 0.6) is 0 Å². The SMILES string of the molecule is O=C(N[C@@H](CCCCNc1ccc([N+](=O)[O-])cc1)C(=O)N1CCSC1)OCc1ccccc1. The molecule has 176 valence electrons. The first-order valence-electron chi connectivity index (χ1n) is 10.8. The van der Waals surface area contributed by atoms with Crippen LogP contribution in [0.2, 0.25) is 0 Å². The van der Waals surface area contributed by atoms with Crippen LogP contribution in [0.3, 0.4) is 0 Å². The van der Waals surface area contributed by atoms with Crippen molar-refractivity contribution in [3.63, 3.8) is 0 Å². The number of nitro benzene ring substituents is 1. The van der Waals surface area contributed by atoms with Crippen molar-refractivity contribution in [1.82, 2.24) is 10.2 Å². The molecule has 2 amide bonds. The Hall–Kier alpha value is -3.27. The summed E-state index contributed by atoms with van der Waals surface area (Å²) < 4.78 is 5.30. The van der Waals surface area contributed by atoms with Crippen LogP contribution in [0.4, 0.5) is 16.2 Å². The second-order valence-electron chi connectivity index (χ2n) is 7.62. The Kier molecular flexibility index (Phi) is 9.37. The molecule has 10 heteroatoms. The van der Waals surface area contributed by atoms with Crippen LogP contribution in [-0.2, 0) is 16.1 Å². The molecule has 2 aromatic rings. The Bertz CT molecular complexity index is 920. The smallest absolute Gasteiger partial charge is 0.408 e. The molecule has 9 nitrogen and oxygen atoms in total. The lowest BCUT2D eigenvalue weighted by molar-refractivity contribution is -0.384. The van der Waals surface area contributed by atoms with Crippen molar-refractivity contribution in [2.75, 3.05) is 30.0 Å². The average Bonchev–Trinajstić information content (AvgIpc) is 3.37. The number of carbonyl (C=O) groups excluding carboxylic acids is 2. The number of nitrogens with zero attached hydrogens (tertiary/aromatic N) is 2. The second kappa shape index (κ2) is 12.7. The first-order valence-corrected chi connectivity index (χ1v) is 12.0. The van der Waals surface area contributed by atoms with Crippen LogP contribution < -0.4 is 10.6 Å². The van der Waals surface area contributed by atoms with E-state index in [1.165, 1.54) is 12.1 Å². The highest BCUT2D eigenvalue weighted by molar-refractivity contribution is 7.99. The number of hydrogen-bond acceptors (Lipinski definition) is 7. The maximum Gasteiger partial charge on any atom is 0.408 e. The van der Waals surface area contributed by atoms with Gasteiger partial charge >= 0.3 is 6.09 Å². The molecule has 1 atom stereocenters. The topological polar surface area (TPSA) is 114 Å². The number of nitrogens with one attached hydrogen (secondary N) is 2. The van der Waals surface area contributed by atoms with E-state index in [4.69, 9.17) is 4.74 Å². The Labute approximate surface area is 197 Å². The molecule has 1 aliphatic rings. The lowest BCUT2D eigenvalue weighted by atomic mass is 10.1. The van der Waals surface area contributed by atoms with Gasteiger partial charge in [0, 0.05) is 36.7 Å². The van der Waals surface area contributed by atoms with E-state index in [0.717, 1.165) is 29.8 Å². The van der Waals surface area contributed by atoms with Crippen LogP contribution in [-0.4, -0.2) is 52.6 Å². The van der Waals surface area contributed by atoms with Gasteiger partial charge in [-0.25, -0.2) is 4.79 Å². The molecule has 0 bridgehead atoms. The number of carbonyl (C=O) groups is 2. The van der Waals surface area contributed by atoms with Gasteiger partial charge in [0.1, 0.15) is 12.6 Å². The van der Waals surface area contributed by atoms with Gasteiger partial charge in [0.25, 0.3) is 5.69 Å². The summed E-state index contributed by atoms with van der Waals surface area (Å²) in [7, 11) is 0. The zero-order valence-corrected chi connectivity index (χ0v) is 19.1. The number of non-ortho nitro benzene ring substituents is 1. The summed E-state index contributed by atoms with van der Waals surface area (Å²) in [4.78, 5) is 37.3. The minimum Gasteiger partial charge on any atom is -0.445 e. The highest BCUT2D eigenvalue weighted by Crippen LogP contribution is 2.17. The number of amides is 2. The van der Waals surface area contributed by atoms with Gasteiger partial charge in [0.2, 0.25) is 5.91 Å². The minimum absolute atomic E-state index is 0.0483. The second-order valence-corrected chi connectivity index (χ2v) is 8.70. The lowest BCUT2D eigenvalue weighted by Crippen LogP contribution is -2.47. The first kappa shape index (κ1) is 24.4. The van der Waals surface area contributed by atoms with Gasteiger partial charge in [-0.05, 0) is 37.0 Å². The Morgan fingerprint density at radius 3 is 2.55 bits per heavy atom. The van der Waals surface area contributed by atoms with Crippen molar-refractivity contribution in [1.29, 1.82) is 0 Å². The third-order valence-electron chi connectivity index (χ3n) is 5.19. The molecular weight excluding hydrogens is 444 g/mol. The minimum atomic E-state index is -0.633. The van der Waals surface area contributed by atoms with Crippen molar-refractivity contribution in [3.8, 4) is 0 Å². The third kappa shape index (κ3) is 7.98. The van der Waals surface area contributed by atoms with Crippen LogP contribution in [0, 0.1) is 10.1 Å². The highest BCUT2D eigenvalue weighted by Gasteiger charge is 2.28. The monoisotopic (exact) mass is 472 g/mol. The summed E-state index contributed by atoms with van der Waals surface area (Å²) in [5.41, 5.74) is 1.72. The molecule has 0 radical (unpaired) electrons. The number of unbranched alkanes of at least 4 members (excludes halogenated alkanes) is 1. The summed E-state index contributed by atoms with van der Waals surface area (Å²) in [6.45, 7) is 1.48. The van der Waals surface area contributed by atoms with Crippen LogP contribution in [0.1, 0.15) is 24.8 Å². The molecule has 1 aliphatic heterocycles. The predicted octanol–water partition coefficient (Wildman–Crippen LogP) is 4.00. The summed E-state index contributed by atoms with van der Waals surface area (Å²) in [6, 6.07) is 15.0. The Balaban J connectivity index is 1.45. The summed E-state index contributed by atoms with van der Waals surface area (Å²) in [6.07, 6.45) is 1.39. The molecule has 1 heterocycles. The summed E-state index contributed by atoms with van der Waals surface area (Å²) in [5.74, 6) is 1.45. The standard InChI is InChI=1S/C23H28N4O5S/c28-22(26-14-15-33-17-26)21(25-23(29)32-16-18-6-2-1-3-7-18)8-4-5-13-24-19-9-11-20(12-10-19)27(30)31/h1-3,6-7,9-12,21,24H,4-5,8,13-17H2,(H,25,29)/t21-/m0/s1. The maximum absolute atomic E-state index is 12.9. The van der Waals surface area contributed by atoms with E-state index < -0.39 is 17.1 Å². The quantitative estimate of drug-likeness (QED) is 0.289. The van der Waals surface area contributed by atoms with E-state index in [-0.39, 0.29) is 18.2 Å². The van der Waals surface area contributed by atoms with Gasteiger partial charge in [-0.3, -0.25) is 14.9 Å². The number of rotatable bonds is 11. The average molecular weight is 473 g/mol. The van der Waals surface area contributed by atoms with E-state index in [9.17, 15) is 19.7 Å². The molecule has 0 unspecified atom stereocenters. The number of hydrogen-bond donors (Lipinski definition) is 2. The molecule has 2 aromatic carbocycles. The normalized spacial score (nSPS) is 13.9. The van der Waals surface area contributed by atoms with Gasteiger partial charge < -0.3 is 20.3 Å². The molecule has 3 rings (SSSR count). The Morgan fingerprint density at radius 2 is 1.88 bits per heavy atom. The van der Waals surface area contributed by atoms with E-state index in [2.05, 4.69) is 10.6 Å². The largest absolute Gasteiger partial charge is 0.445 e. The maximum atomic E-state index is 12.9. The van der Waals surface area contributed by atoms with Crippen molar-refractivity contribution >= 4 is 35.1 Å². The Morgan fingerprint density at radius 1 is 1.12 bits per heavy atom. The molecule has 1 fully saturated rings. The fourth-order valence-electron chi connectivity index (χ4n) is 3.38. The van der Waals surface area contributed by atoms with Crippen molar-refractivity contribution in [3.05, 3.63) is 70.3 Å². The highest BCUT2D eigenvalue weighted by atomic mass is 32.2. The fraction of sp³-hybridized carbons (Fsp3) is 0.391. The van der Waals surface area contributed by atoms with Gasteiger partial charge in [-0.15, -0.1) is 11.8 Å². The fourth-order valence-corrected chi connectivity index (χ4v) is 4.34. The lowest BCUT2D eigenvalue weighted by Gasteiger charge is -2.23. The van der Waals surface area contributed by atoms with Crippen LogP contribution in [0.25, 0.3) is 0 Å². The number of anilines is 1. The number of thioether (sulfide) groups is 1. The molecule has 0 aliphatic carbocycles. The number of ether oxygens (including phenoxy) is 1. The molecular formula is C23H28N4O5S. The van der Waals surface area contributed by atoms with Crippen LogP contribution >= 0.6 is 11.8 Å². The van der Waals surface area contributed by atoms with E-state index in [1.54, 1.807) is 28.8 Å². The number of alkyl carbamates (subject to hydrolysis) is 1. The van der Waals surface area contributed by atoms with Gasteiger partial charge in [0.15, 0.2) is 0 Å². The van der Waals surface area contributed by atoms with Crippen LogP contribution in [0.15, 0.2) is 54.6 Å². The molecule has 33 heavy (non-hydrogen) atoms. The van der Waals surface area contributed by atoms with E-state index >= 15 is 0 Å². The molecule has 1 saturated heterocycles. The number of benzene rings is 2. The third-order valence-corrected chi connectivity index (χ3v) is 6.16. The van der Waals surface area contributed by atoms with Crippen molar-refractivity contribution < 1.29 is 19.2 Å². The van der Waals surface area contributed by atoms with Gasteiger partial charge in [-0.2, -0.15) is 0 Å². The first-order chi connectivity index (χ1) is 16.0. The predicted molar refractivity (Wildman–Crippen MR) is 128 cm³/mol. The van der Waals surface area contributed by atoms with E-state index in [0.29, 0.717) is 25.4 Å². The summed E-state index contributed by atoms with van der Waals surface area (Å²) in [5, 5.41) is 16.7. The summed E-state index contributed by atoms with van der Waals surface area (Å²) >= 11 is 1.70. The van der Waals surface area contributed by atoms with Crippen molar-refractivity contribution in [2.45, 2.75) is 31.9 Å². The zero-order chi connectivity index (χ0) is 23.5. The zero-order valence-electron chi connectivity index (χ0n) is 18.3. The van der Waals surface area contributed by atoms with Gasteiger partial charge in [-0.1, -0.05) is 30.3 Å².